The summed E-state index contributed by atoms with van der Waals surface area (Å²) < 4.78 is 4.87. The third kappa shape index (κ3) is 3.58. The van der Waals surface area contributed by atoms with Gasteiger partial charge < -0.3 is 9.84 Å². The van der Waals surface area contributed by atoms with Crippen LogP contribution in [0.3, 0.4) is 0 Å². The molecule has 0 amide bonds. The van der Waals surface area contributed by atoms with Crippen molar-refractivity contribution in [1.29, 1.82) is 5.26 Å². The van der Waals surface area contributed by atoms with Crippen molar-refractivity contribution < 1.29 is 14.6 Å². The van der Waals surface area contributed by atoms with Crippen molar-refractivity contribution in [2.75, 3.05) is 6.61 Å². The Morgan fingerprint density at radius 1 is 1.60 bits per heavy atom. The van der Waals surface area contributed by atoms with Gasteiger partial charge >= 0.3 is 5.97 Å². The SMILES string of the molecule is N#Cc1ccc(COCC(=O)O)c(Cl)c1. The highest BCUT2D eigenvalue weighted by Crippen LogP contribution is 2.18. The molecule has 0 radical (unpaired) electrons. The largest absolute Gasteiger partial charge is 0.480 e. The number of aliphatic carboxylic acids is 1. The number of carboxylic acid groups (broad SMARTS) is 1. The fourth-order valence-electron chi connectivity index (χ4n) is 0.982. The van der Waals surface area contributed by atoms with Crippen molar-refractivity contribution >= 4 is 17.6 Å². The van der Waals surface area contributed by atoms with E-state index < -0.39 is 5.97 Å². The smallest absolute Gasteiger partial charge is 0.329 e. The quantitative estimate of drug-likeness (QED) is 0.849. The third-order valence-corrected chi connectivity index (χ3v) is 2.02. The first-order valence-electron chi connectivity index (χ1n) is 4.11. The van der Waals surface area contributed by atoms with Gasteiger partial charge in [-0.2, -0.15) is 5.26 Å². The molecule has 4 nitrogen and oxygen atoms in total. The maximum Gasteiger partial charge on any atom is 0.329 e. The van der Waals surface area contributed by atoms with E-state index in [1.807, 2.05) is 6.07 Å². The molecule has 0 saturated carbocycles. The fourth-order valence-corrected chi connectivity index (χ4v) is 1.22. The fraction of sp³-hybridized carbons (Fsp3) is 0.200. The molecule has 78 valence electrons. The number of hydrogen-bond donors (Lipinski definition) is 1. The van der Waals surface area contributed by atoms with Gasteiger partial charge in [0.05, 0.1) is 18.2 Å². The van der Waals surface area contributed by atoms with Crippen LogP contribution in [0.5, 0.6) is 0 Å². The van der Waals surface area contributed by atoms with E-state index in [9.17, 15) is 4.79 Å². The number of hydrogen-bond acceptors (Lipinski definition) is 3. The predicted octanol–water partition coefficient (Wildman–Crippen LogP) is 1.81. The Hall–Kier alpha value is -1.57. The second kappa shape index (κ2) is 5.35. The highest BCUT2D eigenvalue weighted by Gasteiger charge is 2.03. The zero-order valence-corrected chi connectivity index (χ0v) is 8.49. The van der Waals surface area contributed by atoms with Crippen LogP contribution in [0, 0.1) is 11.3 Å². The van der Waals surface area contributed by atoms with Gasteiger partial charge in [-0.1, -0.05) is 17.7 Å². The van der Waals surface area contributed by atoms with Gasteiger partial charge in [0.15, 0.2) is 0 Å². The molecule has 0 spiro atoms. The second-order valence-electron chi connectivity index (χ2n) is 2.80. The summed E-state index contributed by atoms with van der Waals surface area (Å²) in [5, 5.41) is 17.3. The molecular formula is C10H8ClNO3. The molecule has 5 heteroatoms. The number of carboxylic acids is 1. The summed E-state index contributed by atoms with van der Waals surface area (Å²) in [6, 6.07) is 6.71. The van der Waals surface area contributed by atoms with E-state index in [1.54, 1.807) is 12.1 Å². The molecule has 1 aromatic carbocycles. The zero-order valence-electron chi connectivity index (χ0n) is 7.74. The van der Waals surface area contributed by atoms with Crippen molar-refractivity contribution in [3.63, 3.8) is 0 Å². The molecule has 1 aromatic rings. The van der Waals surface area contributed by atoms with Crippen LogP contribution in [-0.4, -0.2) is 17.7 Å². The highest BCUT2D eigenvalue weighted by atomic mass is 35.5. The highest BCUT2D eigenvalue weighted by molar-refractivity contribution is 6.31. The standard InChI is InChI=1S/C10H8ClNO3/c11-9-3-7(4-12)1-2-8(9)5-15-6-10(13)14/h1-3H,5-6H2,(H,13,14). The molecule has 0 saturated heterocycles. The molecule has 0 fully saturated rings. The van der Waals surface area contributed by atoms with Crippen molar-refractivity contribution in [3.05, 3.63) is 34.3 Å². The summed E-state index contributed by atoms with van der Waals surface area (Å²) in [6.45, 7) is -0.243. The topological polar surface area (TPSA) is 70.3 Å². The van der Waals surface area contributed by atoms with Gasteiger partial charge in [-0.3, -0.25) is 0 Å². The molecule has 0 heterocycles. The Labute approximate surface area is 91.7 Å². The van der Waals surface area contributed by atoms with Gasteiger partial charge in [0.25, 0.3) is 0 Å². The summed E-state index contributed by atoms with van der Waals surface area (Å²) in [4.78, 5) is 10.2. The first kappa shape index (κ1) is 11.5. The van der Waals surface area contributed by atoms with Crippen molar-refractivity contribution in [2.45, 2.75) is 6.61 Å². The molecule has 1 rings (SSSR count). The van der Waals surface area contributed by atoms with E-state index in [2.05, 4.69) is 0 Å². The summed E-state index contributed by atoms with van der Waals surface area (Å²) >= 11 is 5.84. The molecule has 1 N–H and O–H groups in total. The molecule has 0 aliphatic rings. The predicted molar refractivity (Wildman–Crippen MR) is 53.5 cm³/mol. The molecular weight excluding hydrogens is 218 g/mol. The van der Waals surface area contributed by atoms with Crippen LogP contribution < -0.4 is 0 Å². The first-order valence-corrected chi connectivity index (χ1v) is 4.49. The van der Waals surface area contributed by atoms with Gasteiger partial charge in [-0.15, -0.1) is 0 Å². The number of nitriles is 1. The summed E-state index contributed by atoms with van der Waals surface area (Å²) in [5.41, 5.74) is 1.12. The lowest BCUT2D eigenvalue weighted by atomic mass is 10.1. The Morgan fingerprint density at radius 3 is 2.87 bits per heavy atom. The lowest BCUT2D eigenvalue weighted by Crippen LogP contribution is -2.06. The number of halogens is 1. The normalized spacial score (nSPS) is 9.60. The summed E-state index contributed by atoms with van der Waals surface area (Å²) in [5.74, 6) is -1.03. The minimum atomic E-state index is -1.03. The van der Waals surface area contributed by atoms with Crippen LogP contribution in [0.1, 0.15) is 11.1 Å². The van der Waals surface area contributed by atoms with Gasteiger partial charge in [0.1, 0.15) is 6.61 Å². The van der Waals surface area contributed by atoms with Gasteiger partial charge in [-0.05, 0) is 17.7 Å². The monoisotopic (exact) mass is 225 g/mol. The summed E-state index contributed by atoms with van der Waals surface area (Å²) in [6.07, 6.45) is 0. The van der Waals surface area contributed by atoms with Crippen LogP contribution in [-0.2, 0) is 16.1 Å². The second-order valence-corrected chi connectivity index (χ2v) is 3.21. The van der Waals surface area contributed by atoms with E-state index in [1.165, 1.54) is 6.07 Å². The van der Waals surface area contributed by atoms with Gasteiger partial charge in [-0.25, -0.2) is 4.79 Å². The van der Waals surface area contributed by atoms with Crippen LogP contribution in [0.25, 0.3) is 0 Å². The van der Waals surface area contributed by atoms with Crippen LogP contribution in [0.4, 0.5) is 0 Å². The maximum absolute atomic E-state index is 10.2. The van der Waals surface area contributed by atoms with Crippen molar-refractivity contribution in [3.8, 4) is 6.07 Å². The third-order valence-electron chi connectivity index (χ3n) is 1.67. The number of benzene rings is 1. The summed E-state index contributed by atoms with van der Waals surface area (Å²) in [7, 11) is 0. The Kier molecular flexibility index (Phi) is 4.10. The Morgan fingerprint density at radius 2 is 2.33 bits per heavy atom. The minimum absolute atomic E-state index is 0.122. The molecule has 0 aromatic heterocycles. The van der Waals surface area contributed by atoms with Crippen LogP contribution in [0.15, 0.2) is 18.2 Å². The van der Waals surface area contributed by atoms with Crippen LogP contribution >= 0.6 is 11.6 Å². The molecule has 15 heavy (non-hydrogen) atoms. The van der Waals surface area contributed by atoms with Crippen LogP contribution in [0.2, 0.25) is 5.02 Å². The van der Waals surface area contributed by atoms with E-state index in [-0.39, 0.29) is 13.2 Å². The number of carbonyl (C=O) groups is 1. The average molecular weight is 226 g/mol. The zero-order chi connectivity index (χ0) is 11.3. The Bertz CT molecular complexity index is 412. The minimum Gasteiger partial charge on any atom is -0.480 e. The number of ether oxygens (including phenoxy) is 1. The average Bonchev–Trinajstić information content (AvgIpc) is 2.20. The molecule has 0 aliphatic heterocycles. The Balaban J connectivity index is 2.63. The van der Waals surface area contributed by atoms with Crippen molar-refractivity contribution in [2.24, 2.45) is 0 Å². The van der Waals surface area contributed by atoms with E-state index in [4.69, 9.17) is 26.7 Å². The first-order chi connectivity index (χ1) is 7.13. The number of nitrogens with zero attached hydrogens (tertiary/aromatic N) is 1. The molecule has 0 unspecified atom stereocenters. The van der Waals surface area contributed by atoms with Gasteiger partial charge in [0.2, 0.25) is 0 Å². The molecule has 0 aliphatic carbocycles. The lowest BCUT2D eigenvalue weighted by Gasteiger charge is -2.04. The maximum atomic E-state index is 10.2. The molecule has 0 bridgehead atoms. The number of rotatable bonds is 4. The van der Waals surface area contributed by atoms with E-state index >= 15 is 0 Å². The van der Waals surface area contributed by atoms with E-state index in [0.717, 1.165) is 0 Å². The van der Waals surface area contributed by atoms with Crippen molar-refractivity contribution in [1.82, 2.24) is 0 Å². The lowest BCUT2D eigenvalue weighted by molar-refractivity contribution is -0.142. The van der Waals surface area contributed by atoms with Gasteiger partial charge in [0, 0.05) is 5.02 Å². The van der Waals surface area contributed by atoms with E-state index in [0.29, 0.717) is 16.1 Å². The molecule has 0 atom stereocenters.